The molecule has 0 amide bonds. The molecule has 0 saturated carbocycles. The molecule has 0 N–H and O–H groups in total. The van der Waals surface area contributed by atoms with E-state index in [1.54, 1.807) is 6.08 Å². The van der Waals surface area contributed by atoms with Crippen molar-refractivity contribution < 1.29 is 4.79 Å². The predicted octanol–water partition coefficient (Wildman–Crippen LogP) is 3.65. The van der Waals surface area contributed by atoms with Crippen LogP contribution in [0.4, 0.5) is 0 Å². The maximum Gasteiger partial charge on any atom is 0.235 e. The molecular formula is C16H14N2O. The summed E-state index contributed by atoms with van der Waals surface area (Å²) in [6, 6.07) is 14.6. The van der Waals surface area contributed by atoms with Crippen molar-refractivity contribution in [2.45, 2.75) is 20.0 Å². The minimum absolute atomic E-state index is 0.394. The van der Waals surface area contributed by atoms with Crippen LogP contribution in [-0.4, -0.2) is 10.6 Å². The number of hydrogen-bond acceptors (Lipinski definition) is 2. The van der Waals surface area contributed by atoms with Crippen LogP contribution >= 0.6 is 0 Å². The summed E-state index contributed by atoms with van der Waals surface area (Å²) in [4.78, 5) is 13.9. The van der Waals surface area contributed by atoms with E-state index >= 15 is 0 Å². The zero-order valence-electron chi connectivity index (χ0n) is 10.8. The number of para-hydroxylation sites is 1. The van der Waals surface area contributed by atoms with E-state index in [0.29, 0.717) is 6.54 Å². The highest BCUT2D eigenvalue weighted by Crippen LogP contribution is 2.29. The Kier molecular flexibility index (Phi) is 2.90. The van der Waals surface area contributed by atoms with Gasteiger partial charge in [-0.25, -0.2) is 9.79 Å². The highest BCUT2D eigenvalue weighted by molar-refractivity contribution is 6.08. The highest BCUT2D eigenvalue weighted by Gasteiger charge is 2.09. The summed E-state index contributed by atoms with van der Waals surface area (Å²) in [6.07, 6.45) is 1.59. The molecule has 94 valence electrons. The lowest BCUT2D eigenvalue weighted by molar-refractivity contribution is 0.563. The second-order valence-electron chi connectivity index (χ2n) is 4.52. The molecule has 0 aliphatic carbocycles. The molecule has 0 atom stereocenters. The van der Waals surface area contributed by atoms with Gasteiger partial charge in [0.05, 0.1) is 6.54 Å². The third kappa shape index (κ3) is 1.85. The van der Waals surface area contributed by atoms with Crippen LogP contribution in [0.5, 0.6) is 0 Å². The van der Waals surface area contributed by atoms with Gasteiger partial charge in [-0.3, -0.25) is 0 Å². The largest absolute Gasteiger partial charge is 0.341 e. The predicted molar refractivity (Wildman–Crippen MR) is 76.9 cm³/mol. The standard InChI is InChI=1S/C16H14N2O/c1-2-18-15-6-4-3-5-13(15)14-9-12(10-17-11-19)7-8-16(14)18/h3-9H,2,10H2,1H3. The molecule has 3 heteroatoms. The first-order valence-corrected chi connectivity index (χ1v) is 6.38. The molecule has 0 bridgehead atoms. The molecule has 0 radical (unpaired) electrons. The van der Waals surface area contributed by atoms with Crippen LogP contribution in [0.15, 0.2) is 47.5 Å². The van der Waals surface area contributed by atoms with Crippen LogP contribution in [0.1, 0.15) is 12.5 Å². The fourth-order valence-electron chi connectivity index (χ4n) is 2.66. The first-order chi connectivity index (χ1) is 9.35. The van der Waals surface area contributed by atoms with E-state index in [9.17, 15) is 4.79 Å². The smallest absolute Gasteiger partial charge is 0.235 e. The van der Waals surface area contributed by atoms with Crippen molar-refractivity contribution in [2.75, 3.05) is 0 Å². The van der Waals surface area contributed by atoms with E-state index in [1.165, 1.54) is 21.8 Å². The summed E-state index contributed by atoms with van der Waals surface area (Å²) in [5, 5.41) is 2.47. The molecule has 0 aliphatic heterocycles. The van der Waals surface area contributed by atoms with Crippen LogP contribution in [0.2, 0.25) is 0 Å². The molecule has 0 unspecified atom stereocenters. The molecule has 2 aromatic carbocycles. The summed E-state index contributed by atoms with van der Waals surface area (Å²) in [5.41, 5.74) is 3.51. The lowest BCUT2D eigenvalue weighted by Gasteiger charge is -2.02. The quantitative estimate of drug-likeness (QED) is 0.516. The number of rotatable bonds is 3. The number of carbonyl (C=O) groups excluding carboxylic acids is 1. The maximum absolute atomic E-state index is 10.2. The van der Waals surface area contributed by atoms with Crippen molar-refractivity contribution in [3.63, 3.8) is 0 Å². The Labute approximate surface area is 111 Å². The number of aromatic nitrogens is 1. The van der Waals surface area contributed by atoms with E-state index in [1.807, 2.05) is 6.07 Å². The number of isocyanates is 1. The van der Waals surface area contributed by atoms with Gasteiger partial charge >= 0.3 is 0 Å². The molecule has 3 nitrogen and oxygen atoms in total. The van der Waals surface area contributed by atoms with Gasteiger partial charge in [0.1, 0.15) is 0 Å². The molecule has 3 rings (SSSR count). The van der Waals surface area contributed by atoms with Crippen LogP contribution in [0.3, 0.4) is 0 Å². The molecular weight excluding hydrogens is 236 g/mol. The van der Waals surface area contributed by atoms with E-state index < -0.39 is 0 Å². The third-order valence-electron chi connectivity index (χ3n) is 3.48. The first kappa shape index (κ1) is 11.7. The van der Waals surface area contributed by atoms with Gasteiger partial charge in [-0.15, -0.1) is 0 Å². The summed E-state index contributed by atoms with van der Waals surface area (Å²) >= 11 is 0. The van der Waals surface area contributed by atoms with Crippen molar-refractivity contribution in [3.8, 4) is 0 Å². The molecule has 1 aromatic heterocycles. The van der Waals surface area contributed by atoms with Crippen LogP contribution < -0.4 is 0 Å². The molecule has 19 heavy (non-hydrogen) atoms. The molecule has 0 spiro atoms. The van der Waals surface area contributed by atoms with Crippen molar-refractivity contribution >= 4 is 27.9 Å². The Hall–Kier alpha value is -2.38. The maximum atomic E-state index is 10.2. The molecule has 1 heterocycles. The van der Waals surface area contributed by atoms with Gasteiger partial charge in [-0.1, -0.05) is 24.3 Å². The summed E-state index contributed by atoms with van der Waals surface area (Å²) < 4.78 is 2.30. The minimum Gasteiger partial charge on any atom is -0.341 e. The van der Waals surface area contributed by atoms with Crippen LogP contribution in [0.25, 0.3) is 21.8 Å². The monoisotopic (exact) mass is 250 g/mol. The summed E-state index contributed by atoms with van der Waals surface area (Å²) in [6.45, 7) is 3.48. The number of aliphatic imine (C=N–C) groups is 1. The SMILES string of the molecule is CCn1c2ccccc2c2cc(CN=C=O)ccc21. The van der Waals surface area contributed by atoms with Gasteiger partial charge in [0.15, 0.2) is 0 Å². The van der Waals surface area contributed by atoms with Gasteiger partial charge in [0.25, 0.3) is 0 Å². The Balaban J connectivity index is 2.32. The molecule has 0 saturated heterocycles. The Morgan fingerprint density at radius 2 is 1.89 bits per heavy atom. The first-order valence-electron chi connectivity index (χ1n) is 6.38. The van der Waals surface area contributed by atoms with Crippen molar-refractivity contribution in [1.82, 2.24) is 4.57 Å². The number of nitrogens with zero attached hydrogens (tertiary/aromatic N) is 2. The Bertz CT molecular complexity index is 795. The zero-order chi connectivity index (χ0) is 13.2. The summed E-state index contributed by atoms with van der Waals surface area (Å²) in [5.74, 6) is 0. The lowest BCUT2D eigenvalue weighted by atomic mass is 10.1. The third-order valence-corrected chi connectivity index (χ3v) is 3.48. The van der Waals surface area contributed by atoms with Crippen molar-refractivity contribution in [1.29, 1.82) is 0 Å². The number of fused-ring (bicyclic) bond motifs is 3. The minimum atomic E-state index is 0.394. The Morgan fingerprint density at radius 3 is 2.68 bits per heavy atom. The van der Waals surface area contributed by atoms with Gasteiger partial charge in [0.2, 0.25) is 6.08 Å². The van der Waals surface area contributed by atoms with Gasteiger partial charge in [-0.05, 0) is 30.7 Å². The fraction of sp³-hybridized carbons (Fsp3) is 0.188. The van der Waals surface area contributed by atoms with Crippen molar-refractivity contribution in [2.24, 2.45) is 4.99 Å². The topological polar surface area (TPSA) is 34.4 Å². The van der Waals surface area contributed by atoms with Gasteiger partial charge in [0, 0.05) is 28.4 Å². The number of benzene rings is 2. The molecule has 3 aromatic rings. The van der Waals surface area contributed by atoms with Crippen molar-refractivity contribution in [3.05, 3.63) is 48.0 Å². The Morgan fingerprint density at radius 1 is 1.11 bits per heavy atom. The fourth-order valence-corrected chi connectivity index (χ4v) is 2.66. The normalized spacial score (nSPS) is 10.8. The van der Waals surface area contributed by atoms with E-state index in [2.05, 4.69) is 52.9 Å². The van der Waals surface area contributed by atoms with E-state index in [4.69, 9.17) is 0 Å². The van der Waals surface area contributed by atoms with Crippen LogP contribution in [-0.2, 0) is 17.9 Å². The second kappa shape index (κ2) is 4.71. The van der Waals surface area contributed by atoms with E-state index in [-0.39, 0.29) is 0 Å². The second-order valence-corrected chi connectivity index (χ2v) is 4.52. The lowest BCUT2D eigenvalue weighted by Crippen LogP contribution is -1.92. The van der Waals surface area contributed by atoms with E-state index in [0.717, 1.165) is 12.1 Å². The van der Waals surface area contributed by atoms with Gasteiger partial charge < -0.3 is 4.57 Å². The molecule has 0 aliphatic rings. The molecule has 0 fully saturated rings. The van der Waals surface area contributed by atoms with Crippen LogP contribution in [0, 0.1) is 0 Å². The van der Waals surface area contributed by atoms with Gasteiger partial charge in [-0.2, -0.15) is 0 Å². The summed E-state index contributed by atoms with van der Waals surface area (Å²) in [7, 11) is 0. The average Bonchev–Trinajstić information content (AvgIpc) is 2.78. The zero-order valence-corrected chi connectivity index (χ0v) is 10.8. The number of aryl methyl sites for hydroxylation is 1. The average molecular weight is 250 g/mol. The highest BCUT2D eigenvalue weighted by atomic mass is 16.1. The number of hydrogen-bond donors (Lipinski definition) is 0.